The number of hydrogen-bond acceptors (Lipinski definition) is 4. The minimum Gasteiger partial charge on any atom is -0.490 e. The summed E-state index contributed by atoms with van der Waals surface area (Å²) in [7, 11) is 0. The second-order valence-corrected chi connectivity index (χ2v) is 7.31. The topological polar surface area (TPSA) is 50.8 Å². The van der Waals surface area contributed by atoms with Gasteiger partial charge in [0.2, 0.25) is 5.91 Å². The molecule has 0 aromatic heterocycles. The zero-order valence-electron chi connectivity index (χ0n) is 13.8. The molecule has 1 aromatic carbocycles. The number of hydrogen-bond donors (Lipinski definition) is 1. The van der Waals surface area contributed by atoms with E-state index in [1.807, 2.05) is 25.1 Å². The second-order valence-electron chi connectivity index (χ2n) is 6.88. The number of nitrogens with zero attached hydrogens (tertiary/aromatic N) is 1. The molecule has 0 spiro atoms. The first-order valence-electron chi connectivity index (χ1n) is 8.77. The predicted octanol–water partition coefficient (Wildman–Crippen LogP) is 2.88. The van der Waals surface area contributed by atoms with Crippen LogP contribution >= 0.6 is 11.6 Å². The molecule has 3 aliphatic rings. The van der Waals surface area contributed by atoms with Crippen molar-refractivity contribution < 1.29 is 14.3 Å². The molecule has 130 valence electrons. The van der Waals surface area contributed by atoms with Gasteiger partial charge in [0.15, 0.2) is 0 Å². The lowest BCUT2D eigenvalue weighted by Gasteiger charge is -2.36. The average molecular weight is 351 g/mol. The van der Waals surface area contributed by atoms with Crippen LogP contribution in [0, 0.1) is 0 Å². The van der Waals surface area contributed by atoms with E-state index in [1.165, 1.54) is 12.8 Å². The Kier molecular flexibility index (Phi) is 4.41. The van der Waals surface area contributed by atoms with Gasteiger partial charge in [-0.15, -0.1) is 0 Å². The van der Waals surface area contributed by atoms with Gasteiger partial charge in [-0.25, -0.2) is 0 Å². The van der Waals surface area contributed by atoms with Gasteiger partial charge in [-0.1, -0.05) is 11.6 Å². The molecule has 3 atom stereocenters. The van der Waals surface area contributed by atoms with Gasteiger partial charge in [-0.05, 0) is 50.8 Å². The van der Waals surface area contributed by atoms with E-state index in [0.717, 1.165) is 24.2 Å². The molecule has 1 aliphatic carbocycles. The van der Waals surface area contributed by atoms with Crippen molar-refractivity contribution in [2.45, 2.75) is 57.0 Å². The molecule has 2 saturated heterocycles. The summed E-state index contributed by atoms with van der Waals surface area (Å²) in [5.41, 5.74) is 0.944. The Hall–Kier alpha value is -1.30. The lowest BCUT2D eigenvalue weighted by molar-refractivity contribution is -0.129. The summed E-state index contributed by atoms with van der Waals surface area (Å²) in [5, 5.41) is 3.76. The first kappa shape index (κ1) is 16.2. The van der Waals surface area contributed by atoms with Crippen LogP contribution in [-0.2, 0) is 9.53 Å². The molecular formula is C18H23ClN2O3. The molecule has 24 heavy (non-hydrogen) atoms. The van der Waals surface area contributed by atoms with E-state index in [9.17, 15) is 4.79 Å². The quantitative estimate of drug-likeness (QED) is 0.910. The Balaban J connectivity index is 1.65. The Morgan fingerprint density at radius 1 is 1.33 bits per heavy atom. The molecule has 1 amide bonds. The average Bonchev–Trinajstić information content (AvgIpc) is 3.18. The van der Waals surface area contributed by atoms with Crippen molar-refractivity contribution in [2.24, 2.45) is 0 Å². The van der Waals surface area contributed by atoms with Crippen LogP contribution in [0.15, 0.2) is 18.2 Å². The highest BCUT2D eigenvalue weighted by molar-refractivity contribution is 6.30. The highest BCUT2D eigenvalue weighted by atomic mass is 35.5. The fourth-order valence-electron chi connectivity index (χ4n) is 4.08. The number of nitrogens with one attached hydrogen (secondary N) is 1. The monoisotopic (exact) mass is 350 g/mol. The lowest BCUT2D eigenvalue weighted by atomic mass is 10.1. The third kappa shape index (κ3) is 2.89. The van der Waals surface area contributed by atoms with E-state index in [2.05, 4.69) is 10.2 Å². The first-order valence-corrected chi connectivity index (χ1v) is 9.15. The van der Waals surface area contributed by atoms with E-state index in [1.54, 1.807) is 0 Å². The highest BCUT2D eigenvalue weighted by Crippen LogP contribution is 2.38. The van der Waals surface area contributed by atoms with Gasteiger partial charge in [-0.2, -0.15) is 0 Å². The van der Waals surface area contributed by atoms with Crippen molar-refractivity contribution >= 4 is 17.5 Å². The van der Waals surface area contributed by atoms with E-state index in [4.69, 9.17) is 21.1 Å². The summed E-state index contributed by atoms with van der Waals surface area (Å²) in [6, 6.07) is 5.45. The Morgan fingerprint density at radius 3 is 2.92 bits per heavy atom. The molecule has 3 fully saturated rings. The fourth-order valence-corrected chi connectivity index (χ4v) is 4.26. The van der Waals surface area contributed by atoms with E-state index in [0.29, 0.717) is 18.2 Å². The number of benzene rings is 1. The summed E-state index contributed by atoms with van der Waals surface area (Å²) < 4.78 is 11.9. The molecule has 1 unspecified atom stereocenters. The molecule has 0 radical (unpaired) electrons. The molecule has 0 bridgehead atoms. The molecule has 4 rings (SSSR count). The van der Waals surface area contributed by atoms with Crippen molar-refractivity contribution in [1.82, 2.24) is 10.2 Å². The zero-order chi connectivity index (χ0) is 16.7. The second kappa shape index (κ2) is 6.54. The van der Waals surface area contributed by atoms with Crippen LogP contribution < -0.4 is 10.1 Å². The maximum Gasteiger partial charge on any atom is 0.241 e. The fraction of sp³-hybridized carbons (Fsp3) is 0.611. The van der Waals surface area contributed by atoms with Crippen LogP contribution in [0.3, 0.4) is 0 Å². The van der Waals surface area contributed by atoms with Gasteiger partial charge >= 0.3 is 0 Å². The number of carbonyl (C=O) groups excluding carboxylic acids is 1. The Morgan fingerprint density at radius 2 is 2.12 bits per heavy atom. The van der Waals surface area contributed by atoms with Crippen LogP contribution in [0.25, 0.3) is 0 Å². The highest BCUT2D eigenvalue weighted by Gasteiger charge is 2.46. The predicted molar refractivity (Wildman–Crippen MR) is 91.1 cm³/mol. The van der Waals surface area contributed by atoms with Gasteiger partial charge in [0.05, 0.1) is 18.8 Å². The normalized spacial score (nSPS) is 31.1. The van der Waals surface area contributed by atoms with Gasteiger partial charge < -0.3 is 14.8 Å². The van der Waals surface area contributed by atoms with Crippen LogP contribution in [0.1, 0.15) is 44.3 Å². The molecule has 2 aliphatic heterocycles. The Labute approximate surface area is 147 Å². The number of rotatable bonds is 3. The van der Waals surface area contributed by atoms with Gasteiger partial charge in [0.1, 0.15) is 18.0 Å². The summed E-state index contributed by atoms with van der Waals surface area (Å²) in [5.74, 6) is 0.843. The van der Waals surface area contributed by atoms with E-state index in [-0.39, 0.29) is 30.3 Å². The van der Waals surface area contributed by atoms with Crippen molar-refractivity contribution in [3.63, 3.8) is 0 Å². The van der Waals surface area contributed by atoms with E-state index < -0.39 is 0 Å². The standard InChI is InChI=1S/C18H23ClN2O3/c1-11-16-18(22)20-17(21(16)8-9-23-11)14-10-12(19)6-7-15(14)24-13-4-2-3-5-13/h6-7,10-11,13,16-17H,2-5,8-9H2,1H3,(H,20,22)/t11-,16+,17?/m1/s1. The smallest absolute Gasteiger partial charge is 0.241 e. The number of halogens is 1. The molecule has 5 nitrogen and oxygen atoms in total. The van der Waals surface area contributed by atoms with Gasteiger partial charge in [-0.3, -0.25) is 9.69 Å². The molecular weight excluding hydrogens is 328 g/mol. The van der Waals surface area contributed by atoms with Crippen LogP contribution in [0.2, 0.25) is 5.02 Å². The van der Waals surface area contributed by atoms with Crippen molar-refractivity contribution in [3.05, 3.63) is 28.8 Å². The third-order valence-electron chi connectivity index (χ3n) is 5.27. The summed E-state index contributed by atoms with van der Waals surface area (Å²) in [6.45, 7) is 3.29. The molecule has 6 heteroatoms. The number of fused-ring (bicyclic) bond motifs is 1. The maximum absolute atomic E-state index is 12.4. The SMILES string of the molecule is C[C@H]1OCCN2C(c3cc(Cl)ccc3OC3CCCC3)NC(=O)[C@H]12. The Bertz CT molecular complexity index is 633. The van der Waals surface area contributed by atoms with Crippen LogP contribution in [0.5, 0.6) is 5.75 Å². The van der Waals surface area contributed by atoms with Gasteiger partial charge in [0, 0.05) is 17.1 Å². The van der Waals surface area contributed by atoms with Crippen molar-refractivity contribution in [1.29, 1.82) is 0 Å². The maximum atomic E-state index is 12.4. The van der Waals surface area contributed by atoms with E-state index >= 15 is 0 Å². The molecule has 1 aromatic rings. The number of morpholine rings is 1. The molecule has 1 saturated carbocycles. The van der Waals surface area contributed by atoms with Crippen LogP contribution in [-0.4, -0.2) is 42.2 Å². The third-order valence-corrected chi connectivity index (χ3v) is 5.51. The summed E-state index contributed by atoms with van der Waals surface area (Å²) in [4.78, 5) is 14.6. The minimum atomic E-state index is -0.248. The van der Waals surface area contributed by atoms with Gasteiger partial charge in [0.25, 0.3) is 0 Å². The number of ether oxygens (including phenoxy) is 2. The molecule has 1 N–H and O–H groups in total. The van der Waals surface area contributed by atoms with Crippen molar-refractivity contribution in [3.8, 4) is 5.75 Å². The zero-order valence-corrected chi connectivity index (χ0v) is 14.6. The van der Waals surface area contributed by atoms with Crippen LogP contribution in [0.4, 0.5) is 0 Å². The summed E-state index contributed by atoms with van der Waals surface area (Å²) >= 11 is 6.24. The lowest BCUT2D eigenvalue weighted by Crippen LogP contribution is -2.49. The molecule has 2 heterocycles. The van der Waals surface area contributed by atoms with Crippen molar-refractivity contribution in [2.75, 3.05) is 13.2 Å². The number of carbonyl (C=O) groups is 1. The first-order chi connectivity index (χ1) is 11.6. The largest absolute Gasteiger partial charge is 0.490 e. The number of amides is 1. The summed E-state index contributed by atoms with van der Waals surface area (Å²) in [6.07, 6.45) is 4.58. The minimum absolute atomic E-state index is 0.0130.